The molecule has 7 nitrogen and oxygen atoms in total. The zero-order chi connectivity index (χ0) is 21.4. The maximum Gasteiger partial charge on any atom is 0.332 e. The van der Waals surface area contributed by atoms with E-state index < -0.39 is 5.69 Å². The normalized spacial score (nSPS) is 11.2. The van der Waals surface area contributed by atoms with E-state index in [9.17, 15) is 9.59 Å². The summed E-state index contributed by atoms with van der Waals surface area (Å²) in [6, 6.07) is 17.5. The molecule has 0 aliphatic carbocycles. The van der Waals surface area contributed by atoms with E-state index in [0.29, 0.717) is 35.2 Å². The van der Waals surface area contributed by atoms with E-state index in [1.807, 2.05) is 71.1 Å². The minimum Gasteiger partial charge on any atom is -0.341 e. The number of fused-ring (bicyclic) bond motifs is 1. The van der Waals surface area contributed by atoms with Crippen LogP contribution in [-0.2, 0) is 27.2 Å². The fourth-order valence-electron chi connectivity index (χ4n) is 3.60. The van der Waals surface area contributed by atoms with Crippen LogP contribution in [-0.4, -0.2) is 25.7 Å². The van der Waals surface area contributed by atoms with Gasteiger partial charge in [0.1, 0.15) is 0 Å². The molecular weight excluding hydrogens is 402 g/mol. The largest absolute Gasteiger partial charge is 0.341 e. The molecule has 0 spiro atoms. The minimum absolute atomic E-state index is 0.352. The van der Waals surface area contributed by atoms with Gasteiger partial charge in [0.15, 0.2) is 11.2 Å². The lowest BCUT2D eigenvalue weighted by molar-refractivity contribution is 0.701. The number of nitrogens with zero attached hydrogens (tertiary/aromatic N) is 5. The highest BCUT2D eigenvalue weighted by atomic mass is 35.5. The van der Waals surface area contributed by atoms with Crippen molar-refractivity contribution in [3.8, 4) is 0 Å². The third-order valence-electron chi connectivity index (χ3n) is 5.22. The summed E-state index contributed by atoms with van der Waals surface area (Å²) in [6.07, 6.45) is 0. The van der Waals surface area contributed by atoms with Gasteiger partial charge >= 0.3 is 5.69 Å². The first-order chi connectivity index (χ1) is 14.4. The molecule has 30 heavy (non-hydrogen) atoms. The molecule has 4 rings (SSSR count). The van der Waals surface area contributed by atoms with E-state index in [2.05, 4.69) is 0 Å². The molecule has 0 saturated heterocycles. The van der Waals surface area contributed by atoms with Gasteiger partial charge in [-0.25, -0.2) is 4.79 Å². The van der Waals surface area contributed by atoms with Gasteiger partial charge in [0.2, 0.25) is 5.95 Å². The molecule has 0 bridgehead atoms. The number of benzene rings is 2. The highest BCUT2D eigenvalue weighted by Gasteiger charge is 2.22. The van der Waals surface area contributed by atoms with Crippen LogP contribution in [0.4, 0.5) is 5.95 Å². The zero-order valence-corrected chi connectivity index (χ0v) is 17.8. The maximum atomic E-state index is 13.0. The summed E-state index contributed by atoms with van der Waals surface area (Å²) in [5, 5.41) is 0.609. The fourth-order valence-corrected chi connectivity index (χ4v) is 3.80. The monoisotopic (exact) mass is 423 g/mol. The number of aryl methyl sites for hydroxylation is 1. The lowest BCUT2D eigenvalue weighted by atomic mass is 10.2. The number of rotatable bonds is 5. The Balaban J connectivity index is 1.93. The van der Waals surface area contributed by atoms with Crippen LogP contribution in [0.15, 0.2) is 64.2 Å². The molecule has 0 N–H and O–H groups in total. The van der Waals surface area contributed by atoms with E-state index in [0.717, 1.165) is 15.7 Å². The van der Waals surface area contributed by atoms with Crippen molar-refractivity contribution in [2.45, 2.75) is 13.1 Å². The zero-order valence-electron chi connectivity index (χ0n) is 17.0. The molecular formula is C22H22ClN5O2. The molecule has 0 aliphatic rings. The molecule has 0 unspecified atom stereocenters. The smallest absolute Gasteiger partial charge is 0.332 e. The van der Waals surface area contributed by atoms with E-state index in [1.54, 1.807) is 7.05 Å². The number of hydrogen-bond acceptors (Lipinski definition) is 4. The minimum atomic E-state index is -0.410. The van der Waals surface area contributed by atoms with E-state index >= 15 is 0 Å². The van der Waals surface area contributed by atoms with Gasteiger partial charge in [-0.3, -0.25) is 18.5 Å². The number of halogens is 1. The van der Waals surface area contributed by atoms with Crippen molar-refractivity contribution in [1.29, 1.82) is 0 Å². The van der Waals surface area contributed by atoms with Gasteiger partial charge in [-0.1, -0.05) is 60.1 Å². The summed E-state index contributed by atoms with van der Waals surface area (Å²) in [7, 11) is 5.02. The summed E-state index contributed by atoms with van der Waals surface area (Å²) in [4.78, 5) is 32.1. The molecule has 0 saturated carbocycles. The number of aromatic nitrogens is 4. The van der Waals surface area contributed by atoms with Gasteiger partial charge in [0.25, 0.3) is 5.56 Å². The van der Waals surface area contributed by atoms with Crippen LogP contribution in [0.2, 0.25) is 5.02 Å². The van der Waals surface area contributed by atoms with Crippen LogP contribution in [0.1, 0.15) is 11.1 Å². The Bertz CT molecular complexity index is 1340. The van der Waals surface area contributed by atoms with E-state index in [4.69, 9.17) is 16.6 Å². The standard InChI is InChI=1S/C22H22ClN5O2/c1-25(13-15-9-5-4-6-10-15)21-24-19-18(20(29)27(3)22(30)26(19)2)28(21)14-16-11-7-8-12-17(16)23/h4-12H,13-14H2,1-3H3. The number of anilines is 1. The summed E-state index contributed by atoms with van der Waals surface area (Å²) in [6.45, 7) is 0.957. The first-order valence-corrected chi connectivity index (χ1v) is 9.91. The highest BCUT2D eigenvalue weighted by molar-refractivity contribution is 6.31. The van der Waals surface area contributed by atoms with Crippen molar-refractivity contribution in [3.63, 3.8) is 0 Å². The second kappa shape index (κ2) is 7.84. The first-order valence-electron chi connectivity index (χ1n) is 9.53. The second-order valence-corrected chi connectivity index (χ2v) is 7.72. The molecule has 4 aromatic rings. The van der Waals surface area contributed by atoms with Crippen molar-refractivity contribution in [2.75, 3.05) is 11.9 Å². The SMILES string of the molecule is CN(Cc1ccccc1)c1nc2c(c(=O)n(C)c(=O)n2C)n1Cc1ccccc1Cl. The van der Waals surface area contributed by atoms with Crippen LogP contribution in [0, 0.1) is 0 Å². The third kappa shape index (κ3) is 3.41. The quantitative estimate of drug-likeness (QED) is 0.495. The van der Waals surface area contributed by atoms with Crippen LogP contribution in [0.5, 0.6) is 0 Å². The topological polar surface area (TPSA) is 65.1 Å². The molecule has 0 radical (unpaired) electrons. The van der Waals surface area contributed by atoms with Crippen LogP contribution < -0.4 is 16.1 Å². The molecule has 0 atom stereocenters. The van der Waals surface area contributed by atoms with Crippen LogP contribution in [0.3, 0.4) is 0 Å². The van der Waals surface area contributed by atoms with Crippen molar-refractivity contribution in [1.82, 2.24) is 18.7 Å². The predicted octanol–water partition coefficient (Wildman–Crippen LogP) is 2.77. The van der Waals surface area contributed by atoms with Crippen molar-refractivity contribution in [3.05, 3.63) is 91.6 Å². The first kappa shape index (κ1) is 20.0. The maximum absolute atomic E-state index is 13.0. The van der Waals surface area contributed by atoms with E-state index in [-0.39, 0.29) is 5.56 Å². The Labute approximate surface area is 178 Å². The molecule has 0 fully saturated rings. The Hall–Kier alpha value is -3.32. The van der Waals surface area contributed by atoms with Crippen molar-refractivity contribution < 1.29 is 0 Å². The van der Waals surface area contributed by atoms with Gasteiger partial charge in [-0.15, -0.1) is 0 Å². The highest BCUT2D eigenvalue weighted by Crippen LogP contribution is 2.24. The Kier molecular flexibility index (Phi) is 5.22. The molecule has 2 aromatic carbocycles. The van der Waals surface area contributed by atoms with Gasteiger partial charge < -0.3 is 4.90 Å². The summed E-state index contributed by atoms with van der Waals surface area (Å²) < 4.78 is 4.34. The number of imidazole rings is 1. The van der Waals surface area contributed by atoms with Gasteiger partial charge in [-0.2, -0.15) is 4.98 Å². The van der Waals surface area contributed by atoms with E-state index in [1.165, 1.54) is 11.6 Å². The fraction of sp³-hybridized carbons (Fsp3) is 0.227. The van der Waals surface area contributed by atoms with Crippen LogP contribution >= 0.6 is 11.6 Å². The van der Waals surface area contributed by atoms with Gasteiger partial charge in [0, 0.05) is 32.7 Å². The number of hydrogen-bond donors (Lipinski definition) is 0. The summed E-state index contributed by atoms with van der Waals surface area (Å²) in [5.74, 6) is 0.590. The lowest BCUT2D eigenvalue weighted by Crippen LogP contribution is -2.37. The molecule has 0 aliphatic heterocycles. The molecule has 2 heterocycles. The molecule has 0 amide bonds. The average Bonchev–Trinajstić information content (AvgIpc) is 3.12. The van der Waals surface area contributed by atoms with Crippen LogP contribution in [0.25, 0.3) is 11.2 Å². The summed E-state index contributed by atoms with van der Waals surface area (Å²) >= 11 is 6.40. The molecule has 2 aromatic heterocycles. The summed E-state index contributed by atoms with van der Waals surface area (Å²) in [5.41, 5.74) is 1.90. The van der Waals surface area contributed by atoms with Gasteiger partial charge in [0.05, 0.1) is 6.54 Å². The average molecular weight is 424 g/mol. The van der Waals surface area contributed by atoms with Gasteiger partial charge in [-0.05, 0) is 17.2 Å². The predicted molar refractivity (Wildman–Crippen MR) is 119 cm³/mol. The Morgan fingerprint density at radius 2 is 1.63 bits per heavy atom. The third-order valence-corrected chi connectivity index (χ3v) is 5.59. The molecule has 8 heteroatoms. The van der Waals surface area contributed by atoms with Crippen molar-refractivity contribution in [2.24, 2.45) is 14.1 Å². The second-order valence-electron chi connectivity index (χ2n) is 7.31. The van der Waals surface area contributed by atoms with Crippen molar-refractivity contribution >= 4 is 28.7 Å². The Morgan fingerprint density at radius 1 is 0.967 bits per heavy atom. The Morgan fingerprint density at radius 3 is 2.33 bits per heavy atom. The molecule has 154 valence electrons. The lowest BCUT2D eigenvalue weighted by Gasteiger charge is -2.20.